The molecule has 0 fully saturated rings. The Morgan fingerprint density at radius 3 is 2.59 bits per heavy atom. The maximum atomic E-state index is 13.4. The van der Waals surface area contributed by atoms with Crippen molar-refractivity contribution in [2.75, 3.05) is 0 Å². The van der Waals surface area contributed by atoms with E-state index in [0.717, 1.165) is 11.0 Å². The molecule has 0 spiro atoms. The summed E-state index contributed by atoms with van der Waals surface area (Å²) in [7, 11) is 0. The van der Waals surface area contributed by atoms with Crippen molar-refractivity contribution < 1.29 is 14.3 Å². The lowest BCUT2D eigenvalue weighted by Gasteiger charge is -2.06. The average Bonchev–Trinajstić information content (AvgIpc) is 2.30. The Morgan fingerprint density at radius 2 is 1.94 bits per heavy atom. The van der Waals surface area contributed by atoms with E-state index in [9.17, 15) is 9.18 Å². The van der Waals surface area contributed by atoms with E-state index < -0.39 is 11.8 Å². The molecule has 1 heterocycles. The molecule has 0 saturated heterocycles. The molecule has 2 aromatic rings. The third kappa shape index (κ3) is 2.62. The minimum atomic E-state index is -1.26. The van der Waals surface area contributed by atoms with Gasteiger partial charge in [-0.1, -0.05) is 17.8 Å². The van der Waals surface area contributed by atoms with Crippen molar-refractivity contribution in [3.63, 3.8) is 0 Å². The highest BCUT2D eigenvalue weighted by molar-refractivity contribution is 7.99. The first kappa shape index (κ1) is 11.6. The lowest BCUT2D eigenvalue weighted by molar-refractivity contribution is 0.0688. The van der Waals surface area contributed by atoms with E-state index >= 15 is 0 Å². The number of hydrogen-bond acceptors (Lipinski definition) is 3. The zero-order chi connectivity index (χ0) is 12.3. The smallest absolute Gasteiger partial charge is 0.339 e. The summed E-state index contributed by atoms with van der Waals surface area (Å²) in [5.74, 6) is -1.99. The van der Waals surface area contributed by atoms with Crippen LogP contribution in [0, 0.1) is 5.82 Å². The van der Waals surface area contributed by atoms with Crippen molar-refractivity contribution >= 4 is 17.7 Å². The summed E-state index contributed by atoms with van der Waals surface area (Å²) in [6.07, 6.45) is 3.20. The average molecular weight is 249 g/mol. The first-order valence-corrected chi connectivity index (χ1v) is 5.60. The van der Waals surface area contributed by atoms with Gasteiger partial charge in [-0.05, 0) is 24.3 Å². The zero-order valence-electron chi connectivity index (χ0n) is 8.63. The monoisotopic (exact) mass is 249 g/mol. The SMILES string of the molecule is O=C(O)c1c(F)cccc1Sc1ccncc1. The van der Waals surface area contributed by atoms with Crippen LogP contribution in [-0.4, -0.2) is 16.1 Å². The summed E-state index contributed by atoms with van der Waals surface area (Å²) in [6.45, 7) is 0. The fraction of sp³-hybridized carbons (Fsp3) is 0. The molecule has 1 N–H and O–H groups in total. The van der Waals surface area contributed by atoms with Crippen LogP contribution in [0.4, 0.5) is 4.39 Å². The minimum absolute atomic E-state index is 0.297. The molecule has 0 amide bonds. The first-order valence-electron chi connectivity index (χ1n) is 4.78. The highest BCUT2D eigenvalue weighted by Gasteiger charge is 2.16. The molecule has 2 rings (SSSR count). The number of benzene rings is 1. The second kappa shape index (κ2) is 4.97. The third-order valence-electron chi connectivity index (χ3n) is 2.07. The fourth-order valence-electron chi connectivity index (χ4n) is 1.33. The molecule has 0 aliphatic rings. The maximum Gasteiger partial charge on any atom is 0.339 e. The predicted octanol–water partition coefficient (Wildman–Crippen LogP) is 3.07. The summed E-state index contributed by atoms with van der Waals surface area (Å²) in [4.78, 5) is 16.0. The van der Waals surface area contributed by atoms with Crippen LogP contribution in [0.1, 0.15) is 10.4 Å². The normalized spacial score (nSPS) is 10.2. The van der Waals surface area contributed by atoms with Gasteiger partial charge in [0, 0.05) is 22.2 Å². The number of carboxylic acids is 1. The number of aromatic carboxylic acids is 1. The largest absolute Gasteiger partial charge is 0.478 e. The van der Waals surface area contributed by atoms with Crippen LogP contribution in [0.3, 0.4) is 0 Å². The lowest BCUT2D eigenvalue weighted by Crippen LogP contribution is -2.02. The van der Waals surface area contributed by atoms with Crippen LogP contribution >= 0.6 is 11.8 Å². The first-order chi connectivity index (χ1) is 8.18. The fourth-order valence-corrected chi connectivity index (χ4v) is 2.28. The lowest BCUT2D eigenvalue weighted by atomic mass is 10.2. The van der Waals surface area contributed by atoms with Gasteiger partial charge >= 0.3 is 5.97 Å². The maximum absolute atomic E-state index is 13.4. The Labute approximate surface area is 101 Å². The molecule has 1 aromatic heterocycles. The van der Waals surface area contributed by atoms with E-state index in [2.05, 4.69) is 4.98 Å². The van der Waals surface area contributed by atoms with Gasteiger partial charge in [-0.3, -0.25) is 4.98 Å². The second-order valence-corrected chi connectivity index (χ2v) is 4.32. The van der Waals surface area contributed by atoms with Gasteiger partial charge in [-0.25, -0.2) is 9.18 Å². The zero-order valence-corrected chi connectivity index (χ0v) is 9.45. The van der Waals surface area contributed by atoms with Gasteiger partial charge in [-0.15, -0.1) is 0 Å². The topological polar surface area (TPSA) is 50.2 Å². The Balaban J connectivity index is 2.40. The van der Waals surface area contributed by atoms with Crippen molar-refractivity contribution in [2.45, 2.75) is 9.79 Å². The van der Waals surface area contributed by atoms with E-state index in [0.29, 0.717) is 4.90 Å². The van der Waals surface area contributed by atoms with Gasteiger partial charge in [0.1, 0.15) is 11.4 Å². The Kier molecular flexibility index (Phi) is 3.39. The summed E-state index contributed by atoms with van der Waals surface area (Å²) in [6, 6.07) is 7.69. The number of rotatable bonds is 3. The van der Waals surface area contributed by atoms with Crippen LogP contribution < -0.4 is 0 Å². The van der Waals surface area contributed by atoms with E-state index in [1.165, 1.54) is 17.8 Å². The molecule has 3 nitrogen and oxygen atoms in total. The Hall–Kier alpha value is -1.88. The number of hydrogen-bond donors (Lipinski definition) is 1. The molecule has 5 heteroatoms. The molecule has 0 saturated carbocycles. The Morgan fingerprint density at radius 1 is 1.24 bits per heavy atom. The summed E-state index contributed by atoms with van der Waals surface area (Å²) in [5, 5.41) is 8.96. The van der Waals surface area contributed by atoms with Crippen LogP contribution in [0.25, 0.3) is 0 Å². The van der Waals surface area contributed by atoms with Crippen LogP contribution in [0.5, 0.6) is 0 Å². The second-order valence-electron chi connectivity index (χ2n) is 3.20. The molecule has 0 aliphatic carbocycles. The summed E-state index contributed by atoms with van der Waals surface area (Å²) < 4.78 is 13.4. The van der Waals surface area contributed by atoms with Crippen molar-refractivity contribution in [2.24, 2.45) is 0 Å². The minimum Gasteiger partial charge on any atom is -0.478 e. The van der Waals surface area contributed by atoms with E-state index in [1.54, 1.807) is 30.6 Å². The molecule has 0 unspecified atom stereocenters. The van der Waals surface area contributed by atoms with E-state index in [1.807, 2.05) is 0 Å². The highest BCUT2D eigenvalue weighted by Crippen LogP contribution is 2.31. The molecular formula is C12H8FNO2S. The number of aromatic nitrogens is 1. The van der Waals surface area contributed by atoms with Crippen LogP contribution in [-0.2, 0) is 0 Å². The number of pyridine rings is 1. The number of nitrogens with zero attached hydrogens (tertiary/aromatic N) is 1. The summed E-state index contributed by atoms with van der Waals surface area (Å²) in [5.41, 5.74) is -0.297. The number of halogens is 1. The molecule has 0 atom stereocenters. The van der Waals surface area contributed by atoms with Gasteiger partial charge in [0.05, 0.1) is 0 Å². The van der Waals surface area contributed by atoms with Crippen molar-refractivity contribution in [3.05, 3.63) is 54.1 Å². The molecule has 17 heavy (non-hydrogen) atoms. The quantitative estimate of drug-likeness (QED) is 0.908. The van der Waals surface area contributed by atoms with Gasteiger partial charge in [0.15, 0.2) is 0 Å². The molecule has 0 radical (unpaired) electrons. The summed E-state index contributed by atoms with van der Waals surface area (Å²) >= 11 is 1.20. The molecule has 0 bridgehead atoms. The standard InChI is InChI=1S/C12H8FNO2S/c13-9-2-1-3-10(11(9)12(15)16)17-8-4-6-14-7-5-8/h1-7H,(H,15,16). The van der Waals surface area contributed by atoms with Crippen molar-refractivity contribution in [1.29, 1.82) is 0 Å². The van der Waals surface area contributed by atoms with Gasteiger partial charge < -0.3 is 5.11 Å². The van der Waals surface area contributed by atoms with Crippen LogP contribution in [0.15, 0.2) is 52.5 Å². The number of carbonyl (C=O) groups is 1. The molecule has 1 aromatic carbocycles. The van der Waals surface area contributed by atoms with Crippen LogP contribution in [0.2, 0.25) is 0 Å². The van der Waals surface area contributed by atoms with Crippen molar-refractivity contribution in [3.8, 4) is 0 Å². The molecule has 0 aliphatic heterocycles. The molecule has 86 valence electrons. The van der Waals surface area contributed by atoms with Gasteiger partial charge in [0.25, 0.3) is 0 Å². The highest BCUT2D eigenvalue weighted by atomic mass is 32.2. The predicted molar refractivity (Wildman–Crippen MR) is 61.7 cm³/mol. The third-order valence-corrected chi connectivity index (χ3v) is 3.13. The van der Waals surface area contributed by atoms with E-state index in [-0.39, 0.29) is 5.56 Å². The van der Waals surface area contributed by atoms with E-state index in [4.69, 9.17) is 5.11 Å². The molecular weight excluding hydrogens is 241 g/mol. The van der Waals surface area contributed by atoms with Gasteiger partial charge in [0.2, 0.25) is 0 Å². The van der Waals surface area contributed by atoms with Crippen molar-refractivity contribution in [1.82, 2.24) is 4.98 Å². The number of carboxylic acid groups (broad SMARTS) is 1. The Bertz CT molecular complexity index is 545. The van der Waals surface area contributed by atoms with Gasteiger partial charge in [-0.2, -0.15) is 0 Å².